The van der Waals surface area contributed by atoms with E-state index in [0.717, 1.165) is 11.4 Å². The van der Waals surface area contributed by atoms with Gasteiger partial charge >= 0.3 is 0 Å². The zero-order valence-electron chi connectivity index (χ0n) is 16.5. The molecule has 0 fully saturated rings. The van der Waals surface area contributed by atoms with Crippen LogP contribution < -0.4 is 5.32 Å². The van der Waals surface area contributed by atoms with Gasteiger partial charge in [-0.15, -0.1) is 0 Å². The van der Waals surface area contributed by atoms with Crippen LogP contribution in [0.1, 0.15) is 51.3 Å². The molecule has 0 unspecified atom stereocenters. The molecule has 0 aliphatic carbocycles. The molecule has 26 heavy (non-hydrogen) atoms. The fourth-order valence-electron chi connectivity index (χ4n) is 3.21. The highest BCUT2D eigenvalue weighted by molar-refractivity contribution is 5.61. The van der Waals surface area contributed by atoms with Crippen LogP contribution in [0.3, 0.4) is 0 Å². The summed E-state index contributed by atoms with van der Waals surface area (Å²) in [6, 6.07) is 28.2. The van der Waals surface area contributed by atoms with Crippen LogP contribution in [-0.4, -0.2) is 0 Å². The number of benzene rings is 3. The Hall–Kier alpha value is -2.54. The van der Waals surface area contributed by atoms with Crippen molar-refractivity contribution in [1.29, 1.82) is 0 Å². The molecule has 0 spiro atoms. The quantitative estimate of drug-likeness (QED) is 0.535. The first kappa shape index (κ1) is 18.3. The zero-order valence-corrected chi connectivity index (χ0v) is 16.5. The first-order valence-corrected chi connectivity index (χ1v) is 9.30. The van der Waals surface area contributed by atoms with E-state index in [0.29, 0.717) is 0 Å². The molecule has 0 radical (unpaired) electrons. The Morgan fingerprint density at radius 1 is 0.500 bits per heavy atom. The summed E-state index contributed by atoms with van der Waals surface area (Å²) in [5.74, 6) is 0. The lowest BCUT2D eigenvalue weighted by molar-refractivity contribution is 0.590. The van der Waals surface area contributed by atoms with Crippen LogP contribution in [0, 0.1) is 0 Å². The number of rotatable bonds is 4. The van der Waals surface area contributed by atoms with Crippen LogP contribution in [0.4, 0.5) is 11.4 Å². The standard InChI is InChI=1S/C25H29N/c1-24(2,3)19-11-15-22(16-12-19)26-23-17-13-21(14-18-23)25(4,5)20-9-7-6-8-10-20/h6-18,26H,1-5H3. The summed E-state index contributed by atoms with van der Waals surface area (Å²) in [6.45, 7) is 11.3. The predicted octanol–water partition coefficient (Wildman–Crippen LogP) is 7.05. The molecule has 3 aromatic rings. The van der Waals surface area contributed by atoms with E-state index in [1.165, 1.54) is 16.7 Å². The van der Waals surface area contributed by atoms with E-state index in [9.17, 15) is 0 Å². The van der Waals surface area contributed by atoms with Crippen LogP contribution in [0.2, 0.25) is 0 Å². The van der Waals surface area contributed by atoms with Crippen molar-refractivity contribution < 1.29 is 0 Å². The van der Waals surface area contributed by atoms with Crippen molar-refractivity contribution in [2.24, 2.45) is 0 Å². The Morgan fingerprint density at radius 2 is 0.923 bits per heavy atom. The van der Waals surface area contributed by atoms with Gasteiger partial charge in [-0.2, -0.15) is 0 Å². The summed E-state index contributed by atoms with van der Waals surface area (Å²) < 4.78 is 0. The van der Waals surface area contributed by atoms with Gasteiger partial charge in [-0.1, -0.05) is 89.2 Å². The molecule has 0 atom stereocenters. The summed E-state index contributed by atoms with van der Waals surface area (Å²) in [5, 5.41) is 3.50. The molecule has 0 saturated carbocycles. The van der Waals surface area contributed by atoms with Crippen molar-refractivity contribution in [3.05, 3.63) is 95.6 Å². The van der Waals surface area contributed by atoms with E-state index < -0.39 is 0 Å². The molecule has 0 saturated heterocycles. The summed E-state index contributed by atoms with van der Waals surface area (Å²) >= 11 is 0. The fraction of sp³-hybridized carbons (Fsp3) is 0.280. The molecule has 0 aliphatic heterocycles. The Labute approximate surface area is 158 Å². The molecule has 0 bridgehead atoms. The summed E-state index contributed by atoms with van der Waals surface area (Å²) in [4.78, 5) is 0. The van der Waals surface area contributed by atoms with Gasteiger partial charge in [-0.05, 0) is 46.4 Å². The average Bonchev–Trinajstić information content (AvgIpc) is 2.63. The molecular formula is C25H29N. The summed E-state index contributed by atoms with van der Waals surface area (Å²) in [6.07, 6.45) is 0. The van der Waals surface area contributed by atoms with Crippen molar-refractivity contribution in [2.75, 3.05) is 5.32 Å². The summed E-state index contributed by atoms with van der Waals surface area (Å²) in [7, 11) is 0. The van der Waals surface area contributed by atoms with Crippen LogP contribution in [0.15, 0.2) is 78.9 Å². The van der Waals surface area contributed by atoms with E-state index in [2.05, 4.69) is 119 Å². The van der Waals surface area contributed by atoms with Crippen molar-refractivity contribution >= 4 is 11.4 Å². The highest BCUT2D eigenvalue weighted by atomic mass is 14.9. The molecule has 0 aromatic heterocycles. The Bertz CT molecular complexity index is 835. The normalized spacial score (nSPS) is 12.0. The number of anilines is 2. The topological polar surface area (TPSA) is 12.0 Å². The SMILES string of the molecule is CC(C)(C)c1ccc(Nc2ccc(C(C)(C)c3ccccc3)cc2)cc1. The second kappa shape index (κ2) is 6.99. The van der Waals surface area contributed by atoms with Gasteiger partial charge in [0.25, 0.3) is 0 Å². The maximum atomic E-state index is 3.50. The largest absolute Gasteiger partial charge is 0.356 e. The lowest BCUT2D eigenvalue weighted by atomic mass is 9.78. The van der Waals surface area contributed by atoms with Crippen molar-refractivity contribution in [2.45, 2.75) is 45.4 Å². The molecule has 1 nitrogen and oxygen atoms in total. The maximum absolute atomic E-state index is 3.50. The van der Waals surface area contributed by atoms with Gasteiger partial charge in [-0.3, -0.25) is 0 Å². The molecule has 1 heteroatoms. The van der Waals surface area contributed by atoms with E-state index in [1.807, 2.05) is 0 Å². The first-order chi connectivity index (χ1) is 12.3. The van der Waals surface area contributed by atoms with E-state index >= 15 is 0 Å². The number of hydrogen-bond acceptors (Lipinski definition) is 1. The van der Waals surface area contributed by atoms with Gasteiger partial charge in [0.15, 0.2) is 0 Å². The lowest BCUT2D eigenvalue weighted by Gasteiger charge is -2.26. The first-order valence-electron chi connectivity index (χ1n) is 9.30. The number of hydrogen-bond donors (Lipinski definition) is 1. The molecule has 3 rings (SSSR count). The van der Waals surface area contributed by atoms with Crippen LogP contribution in [0.25, 0.3) is 0 Å². The van der Waals surface area contributed by atoms with E-state index in [1.54, 1.807) is 0 Å². The van der Waals surface area contributed by atoms with E-state index in [4.69, 9.17) is 0 Å². The van der Waals surface area contributed by atoms with Crippen LogP contribution >= 0.6 is 0 Å². The van der Waals surface area contributed by atoms with Crippen LogP contribution in [0.5, 0.6) is 0 Å². The smallest absolute Gasteiger partial charge is 0.0384 e. The minimum absolute atomic E-state index is 0.00581. The average molecular weight is 344 g/mol. The van der Waals surface area contributed by atoms with Gasteiger partial charge < -0.3 is 5.32 Å². The second-order valence-electron chi connectivity index (χ2n) is 8.52. The highest BCUT2D eigenvalue weighted by Gasteiger charge is 2.22. The Kier molecular flexibility index (Phi) is 4.91. The monoisotopic (exact) mass is 343 g/mol. The molecule has 0 amide bonds. The zero-order chi connectivity index (χ0) is 18.8. The second-order valence-corrected chi connectivity index (χ2v) is 8.52. The minimum atomic E-state index is -0.00581. The third kappa shape index (κ3) is 3.99. The summed E-state index contributed by atoms with van der Waals surface area (Å²) in [5.41, 5.74) is 6.41. The third-order valence-corrected chi connectivity index (χ3v) is 5.14. The van der Waals surface area contributed by atoms with Gasteiger partial charge in [0.1, 0.15) is 0 Å². The third-order valence-electron chi connectivity index (χ3n) is 5.14. The minimum Gasteiger partial charge on any atom is -0.356 e. The van der Waals surface area contributed by atoms with Crippen molar-refractivity contribution in [3.63, 3.8) is 0 Å². The van der Waals surface area contributed by atoms with Gasteiger partial charge in [0.2, 0.25) is 0 Å². The van der Waals surface area contributed by atoms with Gasteiger partial charge in [-0.25, -0.2) is 0 Å². The van der Waals surface area contributed by atoms with E-state index in [-0.39, 0.29) is 10.8 Å². The highest BCUT2D eigenvalue weighted by Crippen LogP contribution is 2.32. The Balaban J connectivity index is 1.76. The van der Waals surface area contributed by atoms with Crippen LogP contribution in [-0.2, 0) is 10.8 Å². The lowest BCUT2D eigenvalue weighted by Crippen LogP contribution is -2.18. The molecule has 0 heterocycles. The molecule has 3 aromatic carbocycles. The van der Waals surface area contributed by atoms with Gasteiger partial charge in [0.05, 0.1) is 0 Å². The Morgan fingerprint density at radius 3 is 1.38 bits per heavy atom. The van der Waals surface area contributed by atoms with Gasteiger partial charge in [0, 0.05) is 16.8 Å². The predicted molar refractivity (Wildman–Crippen MR) is 113 cm³/mol. The maximum Gasteiger partial charge on any atom is 0.0384 e. The van der Waals surface area contributed by atoms with Crippen molar-refractivity contribution in [3.8, 4) is 0 Å². The van der Waals surface area contributed by atoms with Crippen molar-refractivity contribution in [1.82, 2.24) is 0 Å². The molecule has 1 N–H and O–H groups in total. The fourth-order valence-corrected chi connectivity index (χ4v) is 3.21. The number of nitrogens with one attached hydrogen (secondary N) is 1. The molecule has 0 aliphatic rings. The molecule has 134 valence electrons. The molecular weight excluding hydrogens is 314 g/mol.